The molecule has 0 radical (unpaired) electrons. The zero-order chi connectivity index (χ0) is 19.2. The highest BCUT2D eigenvalue weighted by Gasteiger charge is 2.25. The van der Waals surface area contributed by atoms with Gasteiger partial charge in [-0.3, -0.25) is 9.69 Å². The number of aromatic nitrogens is 2. The normalized spacial score (nSPS) is 16.0. The molecule has 2 heterocycles. The molecule has 0 spiro atoms. The number of nitrogens with one attached hydrogen (secondary N) is 1. The molecule has 1 saturated heterocycles. The number of nitrogens with zero attached hydrogens (tertiary/aromatic N) is 4. The molecule has 3 rings (SSSR count). The van der Waals surface area contributed by atoms with Crippen molar-refractivity contribution < 1.29 is 9.32 Å². The van der Waals surface area contributed by atoms with Crippen LogP contribution >= 0.6 is 0 Å². The van der Waals surface area contributed by atoms with Gasteiger partial charge in [-0.15, -0.1) is 0 Å². The van der Waals surface area contributed by atoms with Gasteiger partial charge in [0.25, 0.3) is 0 Å². The van der Waals surface area contributed by atoms with Crippen LogP contribution in [0.1, 0.15) is 24.3 Å². The minimum atomic E-state index is 0.105. The molecule has 27 heavy (non-hydrogen) atoms. The van der Waals surface area contributed by atoms with Crippen molar-refractivity contribution in [2.75, 3.05) is 40.3 Å². The summed E-state index contributed by atoms with van der Waals surface area (Å²) < 4.78 is 5.44. The third kappa shape index (κ3) is 5.37. The average Bonchev–Trinajstić information content (AvgIpc) is 3.10. The highest BCUT2D eigenvalue weighted by molar-refractivity contribution is 5.78. The Labute approximate surface area is 160 Å². The molecule has 1 aliphatic rings. The number of likely N-dealkylation sites (N-methyl/N-ethyl adjacent to an activating group) is 1. The molecule has 2 aromatic rings. The number of hydrogen-bond acceptors (Lipinski definition) is 6. The number of carbonyl (C=O) groups is 1. The minimum absolute atomic E-state index is 0.105. The van der Waals surface area contributed by atoms with Gasteiger partial charge in [0.15, 0.2) is 0 Å². The molecule has 1 N–H and O–H groups in total. The van der Waals surface area contributed by atoms with Crippen molar-refractivity contribution in [3.8, 4) is 11.4 Å². The van der Waals surface area contributed by atoms with E-state index in [1.54, 1.807) is 0 Å². The Morgan fingerprint density at radius 2 is 2.04 bits per heavy atom. The summed E-state index contributed by atoms with van der Waals surface area (Å²) in [5, 5.41) is 7.16. The van der Waals surface area contributed by atoms with Crippen molar-refractivity contribution in [2.45, 2.75) is 26.3 Å². The lowest BCUT2D eigenvalue weighted by atomic mass is 9.96. The molecule has 0 aliphatic carbocycles. The first-order chi connectivity index (χ1) is 13.0. The van der Waals surface area contributed by atoms with Crippen molar-refractivity contribution >= 4 is 5.91 Å². The van der Waals surface area contributed by atoms with E-state index in [-0.39, 0.29) is 11.8 Å². The lowest BCUT2D eigenvalue weighted by Gasteiger charge is -2.30. The summed E-state index contributed by atoms with van der Waals surface area (Å²) >= 11 is 0. The summed E-state index contributed by atoms with van der Waals surface area (Å²) in [7, 11) is 4.01. The quantitative estimate of drug-likeness (QED) is 0.802. The molecule has 7 nitrogen and oxygen atoms in total. The van der Waals surface area contributed by atoms with Crippen molar-refractivity contribution in [3.05, 3.63) is 35.7 Å². The summed E-state index contributed by atoms with van der Waals surface area (Å²) in [5.74, 6) is 1.55. The topological polar surface area (TPSA) is 74.5 Å². The molecule has 7 heteroatoms. The van der Waals surface area contributed by atoms with Crippen molar-refractivity contribution in [2.24, 2.45) is 5.92 Å². The molecule has 1 amide bonds. The number of likely N-dealkylation sites (tertiary alicyclic amines) is 1. The van der Waals surface area contributed by atoms with Crippen LogP contribution in [-0.4, -0.2) is 66.1 Å². The molecule has 0 saturated carbocycles. The molecule has 0 bridgehead atoms. The van der Waals surface area contributed by atoms with Gasteiger partial charge in [-0.25, -0.2) is 0 Å². The second-order valence-electron chi connectivity index (χ2n) is 7.47. The van der Waals surface area contributed by atoms with Gasteiger partial charge in [0.1, 0.15) is 0 Å². The standard InChI is InChI=1S/C20H29N5O2/c1-15-6-4-5-7-17(15)19-22-18(27-23-19)14-25-11-8-16(9-12-25)20(26)21-10-13-24(2)3/h4-7,16H,8-14H2,1-3H3,(H,21,26). The number of amides is 1. The fourth-order valence-electron chi connectivity index (χ4n) is 3.34. The Morgan fingerprint density at radius 3 is 2.74 bits per heavy atom. The summed E-state index contributed by atoms with van der Waals surface area (Å²) in [6.07, 6.45) is 1.74. The molecule has 1 fully saturated rings. The predicted molar refractivity (Wildman–Crippen MR) is 104 cm³/mol. The van der Waals surface area contributed by atoms with E-state index < -0.39 is 0 Å². The zero-order valence-corrected chi connectivity index (χ0v) is 16.4. The van der Waals surface area contributed by atoms with Crippen LogP contribution in [0.15, 0.2) is 28.8 Å². The Kier molecular flexibility index (Phi) is 6.58. The van der Waals surface area contributed by atoms with E-state index in [1.165, 1.54) is 0 Å². The Balaban J connectivity index is 1.47. The minimum Gasteiger partial charge on any atom is -0.355 e. The SMILES string of the molecule is Cc1ccccc1-c1noc(CN2CCC(C(=O)NCCN(C)C)CC2)n1. The second kappa shape index (κ2) is 9.10. The summed E-state index contributed by atoms with van der Waals surface area (Å²) in [5.41, 5.74) is 2.13. The second-order valence-corrected chi connectivity index (χ2v) is 7.47. The summed E-state index contributed by atoms with van der Waals surface area (Å²) in [6, 6.07) is 8.03. The van der Waals surface area contributed by atoms with E-state index in [0.717, 1.165) is 43.6 Å². The highest BCUT2D eigenvalue weighted by Crippen LogP contribution is 2.22. The molecule has 1 aliphatic heterocycles. The van der Waals surface area contributed by atoms with Gasteiger partial charge >= 0.3 is 0 Å². The molecule has 1 aromatic carbocycles. The highest BCUT2D eigenvalue weighted by atomic mass is 16.5. The maximum Gasteiger partial charge on any atom is 0.241 e. The lowest BCUT2D eigenvalue weighted by molar-refractivity contribution is -0.126. The van der Waals surface area contributed by atoms with Crippen LogP contribution in [0.3, 0.4) is 0 Å². The molecule has 146 valence electrons. The third-order valence-corrected chi connectivity index (χ3v) is 5.03. The molecule has 0 unspecified atom stereocenters. The number of rotatable bonds is 7. The Hall–Kier alpha value is -2.25. The number of hydrogen-bond donors (Lipinski definition) is 1. The van der Waals surface area contributed by atoms with Crippen LogP contribution in [-0.2, 0) is 11.3 Å². The first kappa shape index (κ1) is 19.5. The van der Waals surface area contributed by atoms with Crippen molar-refractivity contribution in [1.29, 1.82) is 0 Å². The van der Waals surface area contributed by atoms with Gasteiger partial charge < -0.3 is 14.7 Å². The predicted octanol–water partition coefficient (Wildman–Crippen LogP) is 1.93. The smallest absolute Gasteiger partial charge is 0.241 e. The molecular weight excluding hydrogens is 342 g/mol. The van der Waals surface area contributed by atoms with Crippen LogP contribution < -0.4 is 5.32 Å². The van der Waals surface area contributed by atoms with Crippen LogP contribution in [0.2, 0.25) is 0 Å². The number of benzene rings is 1. The molecular formula is C20H29N5O2. The average molecular weight is 371 g/mol. The van der Waals surface area contributed by atoms with Gasteiger partial charge in [0.2, 0.25) is 17.6 Å². The van der Waals surface area contributed by atoms with Crippen LogP contribution in [0, 0.1) is 12.8 Å². The molecule has 1 aromatic heterocycles. The van der Waals surface area contributed by atoms with Crippen molar-refractivity contribution in [3.63, 3.8) is 0 Å². The largest absolute Gasteiger partial charge is 0.355 e. The zero-order valence-electron chi connectivity index (χ0n) is 16.4. The maximum absolute atomic E-state index is 12.2. The van der Waals surface area contributed by atoms with E-state index in [4.69, 9.17) is 4.52 Å². The van der Waals surface area contributed by atoms with E-state index in [2.05, 4.69) is 25.3 Å². The van der Waals surface area contributed by atoms with Gasteiger partial charge in [-0.2, -0.15) is 4.98 Å². The van der Waals surface area contributed by atoms with Crippen molar-refractivity contribution in [1.82, 2.24) is 25.3 Å². The third-order valence-electron chi connectivity index (χ3n) is 5.03. The number of aryl methyl sites for hydroxylation is 1. The lowest BCUT2D eigenvalue weighted by Crippen LogP contribution is -2.41. The van der Waals surface area contributed by atoms with E-state index in [1.807, 2.05) is 45.3 Å². The first-order valence-electron chi connectivity index (χ1n) is 9.56. The Morgan fingerprint density at radius 1 is 1.30 bits per heavy atom. The summed E-state index contributed by atoms with van der Waals surface area (Å²) in [6.45, 7) is 5.98. The van der Waals surface area contributed by atoms with E-state index in [9.17, 15) is 4.79 Å². The number of carbonyl (C=O) groups excluding carboxylic acids is 1. The Bertz CT molecular complexity index is 750. The molecule has 0 atom stereocenters. The summed E-state index contributed by atoms with van der Waals surface area (Å²) in [4.78, 5) is 21.1. The monoisotopic (exact) mass is 371 g/mol. The maximum atomic E-state index is 12.2. The van der Waals surface area contributed by atoms with Crippen LogP contribution in [0.5, 0.6) is 0 Å². The van der Waals surface area contributed by atoms with E-state index in [0.29, 0.717) is 24.8 Å². The fourth-order valence-corrected chi connectivity index (χ4v) is 3.34. The van der Waals surface area contributed by atoms with E-state index >= 15 is 0 Å². The first-order valence-corrected chi connectivity index (χ1v) is 9.56. The van der Waals surface area contributed by atoms with Crippen LogP contribution in [0.4, 0.5) is 0 Å². The van der Waals surface area contributed by atoms with Gasteiger partial charge in [-0.1, -0.05) is 29.4 Å². The number of piperidine rings is 1. The van der Waals surface area contributed by atoms with Gasteiger partial charge in [0.05, 0.1) is 6.54 Å². The fraction of sp³-hybridized carbons (Fsp3) is 0.550. The van der Waals surface area contributed by atoms with Gasteiger partial charge in [0, 0.05) is 24.6 Å². The van der Waals surface area contributed by atoms with Gasteiger partial charge in [-0.05, 0) is 52.5 Å². The van der Waals surface area contributed by atoms with Crippen LogP contribution in [0.25, 0.3) is 11.4 Å².